The van der Waals surface area contributed by atoms with Gasteiger partial charge in [-0.3, -0.25) is 14.9 Å². The van der Waals surface area contributed by atoms with Crippen LogP contribution in [0.4, 0.5) is 11.4 Å². The van der Waals surface area contributed by atoms with Crippen LogP contribution in [0.15, 0.2) is 47.5 Å². The Morgan fingerprint density at radius 1 is 1.14 bits per heavy atom. The van der Waals surface area contributed by atoms with Crippen molar-refractivity contribution in [1.29, 1.82) is 5.26 Å². The number of carbonyl (C=O) groups excluding carboxylic acids is 2. The third kappa shape index (κ3) is 4.42. The fourth-order valence-electron chi connectivity index (χ4n) is 2.51. The summed E-state index contributed by atoms with van der Waals surface area (Å²) in [5.74, 6) is -0.810. The molecule has 0 radical (unpaired) electrons. The van der Waals surface area contributed by atoms with E-state index in [2.05, 4.69) is 10.3 Å². The summed E-state index contributed by atoms with van der Waals surface area (Å²) in [6.45, 7) is 0. The first-order chi connectivity index (χ1) is 13.4. The fourth-order valence-corrected chi connectivity index (χ4v) is 3.94. The van der Waals surface area contributed by atoms with Gasteiger partial charge >= 0.3 is 0 Å². The molecule has 28 heavy (non-hydrogen) atoms. The summed E-state index contributed by atoms with van der Waals surface area (Å²) in [7, 11) is 0. The molecule has 1 saturated heterocycles. The van der Waals surface area contributed by atoms with Crippen LogP contribution in [0.25, 0.3) is 0 Å². The van der Waals surface area contributed by atoms with E-state index in [0.717, 1.165) is 16.7 Å². The molecule has 0 saturated carbocycles. The molecule has 6 nitrogen and oxygen atoms in total. The lowest BCUT2D eigenvalue weighted by atomic mass is 10.3. The van der Waals surface area contributed by atoms with Crippen LogP contribution in [0, 0.1) is 11.5 Å². The van der Waals surface area contributed by atoms with Gasteiger partial charge in [-0.25, -0.2) is 9.89 Å². The summed E-state index contributed by atoms with van der Waals surface area (Å²) in [5, 5.41) is 11.8. The van der Waals surface area contributed by atoms with Gasteiger partial charge in [0.05, 0.1) is 26.4 Å². The lowest BCUT2D eigenvalue weighted by Gasteiger charge is -2.15. The number of hydrogen-bond donors (Lipinski definition) is 1. The molecular formula is C18H11Cl3N4O2S. The highest BCUT2D eigenvalue weighted by Crippen LogP contribution is 2.34. The van der Waals surface area contributed by atoms with E-state index >= 15 is 0 Å². The van der Waals surface area contributed by atoms with Gasteiger partial charge in [-0.2, -0.15) is 5.26 Å². The molecule has 2 aromatic carbocycles. The zero-order valence-electron chi connectivity index (χ0n) is 14.0. The number of nitrogens with zero attached hydrogens (tertiary/aromatic N) is 3. The largest absolute Gasteiger partial charge is 0.274 e. The Hall–Kier alpha value is -2.24. The molecule has 0 unspecified atom stereocenters. The van der Waals surface area contributed by atoms with Crippen molar-refractivity contribution in [2.75, 3.05) is 4.90 Å². The second kappa shape index (κ2) is 8.84. The summed E-state index contributed by atoms with van der Waals surface area (Å²) in [5.41, 5.74) is 0.776. The minimum atomic E-state index is -0.746. The summed E-state index contributed by atoms with van der Waals surface area (Å²) >= 11 is 19.0. The molecule has 1 aliphatic rings. The Kier molecular flexibility index (Phi) is 6.47. The number of aliphatic imine (C=N–C) groups is 1. The van der Waals surface area contributed by atoms with Gasteiger partial charge in [0.15, 0.2) is 11.4 Å². The number of hydrogen-bond acceptors (Lipinski definition) is 5. The number of imide groups is 1. The molecule has 0 aromatic heterocycles. The van der Waals surface area contributed by atoms with E-state index < -0.39 is 11.2 Å². The molecule has 2 amide bonds. The lowest BCUT2D eigenvalue weighted by molar-refractivity contribution is -0.121. The first-order valence-electron chi connectivity index (χ1n) is 7.87. The number of nitriles is 1. The smallest absolute Gasteiger partial charge is 0.247 e. The van der Waals surface area contributed by atoms with E-state index in [0.29, 0.717) is 21.4 Å². The van der Waals surface area contributed by atoms with Crippen molar-refractivity contribution in [3.63, 3.8) is 0 Å². The van der Waals surface area contributed by atoms with Crippen molar-refractivity contribution in [1.82, 2.24) is 5.32 Å². The van der Waals surface area contributed by atoms with E-state index in [1.807, 2.05) is 0 Å². The van der Waals surface area contributed by atoms with Crippen molar-refractivity contribution in [2.24, 2.45) is 4.99 Å². The predicted molar refractivity (Wildman–Crippen MR) is 112 cm³/mol. The maximum atomic E-state index is 12.8. The fraction of sp³-hybridized carbons (Fsp3) is 0.111. The van der Waals surface area contributed by atoms with E-state index in [1.165, 1.54) is 12.1 Å². The van der Waals surface area contributed by atoms with Crippen LogP contribution in [0.1, 0.15) is 6.42 Å². The second-order valence-electron chi connectivity index (χ2n) is 5.58. The number of anilines is 1. The summed E-state index contributed by atoms with van der Waals surface area (Å²) < 4.78 is 0. The molecule has 0 aliphatic carbocycles. The van der Waals surface area contributed by atoms with Crippen LogP contribution in [-0.2, 0) is 9.59 Å². The third-order valence-corrected chi connectivity index (χ3v) is 5.89. The molecule has 1 atom stereocenters. The van der Waals surface area contributed by atoms with Gasteiger partial charge in [0, 0.05) is 6.42 Å². The molecule has 142 valence electrons. The van der Waals surface area contributed by atoms with Crippen molar-refractivity contribution >= 4 is 74.9 Å². The summed E-state index contributed by atoms with van der Waals surface area (Å²) in [6, 6.07) is 11.3. The molecule has 2 aromatic rings. The van der Waals surface area contributed by atoms with Gasteiger partial charge in [-0.1, -0.05) is 58.7 Å². The standard InChI is InChI=1S/C18H11Cl3N4O2S/c19-11-6-5-10(7-13(11)21)25-16(26)8-15(17(25)27)28-18(23-9-22)24-14-4-2-1-3-12(14)20/h1-7,15H,8H2,(H,23,24)/t15-/m0/s1. The van der Waals surface area contributed by atoms with Gasteiger partial charge in [0.25, 0.3) is 0 Å². The first kappa shape index (κ1) is 20.5. The van der Waals surface area contributed by atoms with Crippen molar-refractivity contribution in [2.45, 2.75) is 11.7 Å². The highest BCUT2D eigenvalue weighted by Gasteiger charge is 2.41. The van der Waals surface area contributed by atoms with Crippen LogP contribution >= 0.6 is 46.6 Å². The predicted octanol–water partition coefficient (Wildman–Crippen LogP) is 4.77. The van der Waals surface area contributed by atoms with Gasteiger partial charge in [-0.15, -0.1) is 0 Å². The van der Waals surface area contributed by atoms with Crippen LogP contribution in [0.3, 0.4) is 0 Å². The third-order valence-electron chi connectivity index (χ3n) is 3.76. The Morgan fingerprint density at radius 2 is 1.89 bits per heavy atom. The zero-order valence-corrected chi connectivity index (χ0v) is 17.1. The van der Waals surface area contributed by atoms with E-state index in [4.69, 9.17) is 40.1 Å². The van der Waals surface area contributed by atoms with Crippen LogP contribution in [0.2, 0.25) is 15.1 Å². The second-order valence-corrected chi connectivity index (χ2v) is 7.99. The molecule has 1 heterocycles. The topological polar surface area (TPSA) is 85.6 Å². The first-order valence-corrected chi connectivity index (χ1v) is 9.89. The number of thioether (sulfide) groups is 1. The van der Waals surface area contributed by atoms with Crippen molar-refractivity contribution in [3.8, 4) is 6.19 Å². The van der Waals surface area contributed by atoms with Crippen LogP contribution < -0.4 is 10.2 Å². The number of rotatable bonds is 3. The zero-order chi connectivity index (χ0) is 20.3. The molecule has 1 fully saturated rings. The Morgan fingerprint density at radius 3 is 2.57 bits per heavy atom. The highest BCUT2D eigenvalue weighted by atomic mass is 35.5. The van der Waals surface area contributed by atoms with Crippen molar-refractivity contribution in [3.05, 3.63) is 57.5 Å². The average molecular weight is 454 g/mol. The lowest BCUT2D eigenvalue weighted by Crippen LogP contribution is -2.32. The maximum absolute atomic E-state index is 12.8. The minimum absolute atomic E-state index is 0.0433. The minimum Gasteiger partial charge on any atom is -0.274 e. The summed E-state index contributed by atoms with van der Waals surface area (Å²) in [4.78, 5) is 30.5. The van der Waals surface area contributed by atoms with Gasteiger partial charge in [0.2, 0.25) is 11.8 Å². The Labute approximate surface area is 180 Å². The number of halogens is 3. The van der Waals surface area contributed by atoms with Gasteiger partial charge < -0.3 is 0 Å². The average Bonchev–Trinajstić information content (AvgIpc) is 2.93. The van der Waals surface area contributed by atoms with Crippen LogP contribution in [0.5, 0.6) is 0 Å². The van der Waals surface area contributed by atoms with Crippen LogP contribution in [-0.4, -0.2) is 22.2 Å². The molecule has 3 rings (SSSR count). The number of carbonyl (C=O) groups is 2. The van der Waals surface area contributed by atoms with Gasteiger partial charge in [0.1, 0.15) is 5.25 Å². The summed E-state index contributed by atoms with van der Waals surface area (Å²) in [6.07, 6.45) is 1.73. The monoisotopic (exact) mass is 452 g/mol. The van der Waals surface area contributed by atoms with E-state index in [9.17, 15) is 9.59 Å². The highest BCUT2D eigenvalue weighted by molar-refractivity contribution is 8.15. The molecule has 10 heteroatoms. The number of amidine groups is 1. The SMILES string of the molecule is N#CNC(=Nc1ccccc1Cl)S[C@H]1CC(=O)N(c2ccc(Cl)c(Cl)c2)C1=O. The van der Waals surface area contributed by atoms with E-state index in [-0.39, 0.29) is 22.5 Å². The van der Waals surface area contributed by atoms with Gasteiger partial charge in [-0.05, 0) is 30.3 Å². The number of benzene rings is 2. The quantitative estimate of drug-likeness (QED) is 0.238. The number of para-hydroxylation sites is 1. The van der Waals surface area contributed by atoms with E-state index in [1.54, 1.807) is 36.5 Å². The molecule has 0 bridgehead atoms. The number of nitrogens with one attached hydrogen (secondary N) is 1. The molecule has 0 spiro atoms. The Balaban J connectivity index is 1.84. The van der Waals surface area contributed by atoms with Crippen molar-refractivity contribution < 1.29 is 9.59 Å². The Bertz CT molecular complexity index is 1020. The number of amides is 2. The molecule has 1 aliphatic heterocycles. The maximum Gasteiger partial charge on any atom is 0.247 e. The normalized spacial score (nSPS) is 17.0. The molecule has 1 N–H and O–H groups in total. The molecular weight excluding hydrogens is 443 g/mol.